The molecule has 0 amide bonds. The van der Waals surface area contributed by atoms with Crippen molar-refractivity contribution in [1.29, 1.82) is 0 Å². The minimum atomic E-state index is 0.817. The molecule has 0 spiro atoms. The monoisotopic (exact) mass is 313 g/mol. The van der Waals surface area contributed by atoms with Crippen molar-refractivity contribution < 1.29 is 0 Å². The highest BCUT2D eigenvalue weighted by atomic mass is 79.9. The van der Waals surface area contributed by atoms with E-state index in [1.807, 2.05) is 12.4 Å². The van der Waals surface area contributed by atoms with E-state index in [1.165, 1.54) is 9.35 Å². The molecule has 0 aliphatic heterocycles. The van der Waals surface area contributed by atoms with Crippen LogP contribution in [0.15, 0.2) is 28.3 Å². The number of hydrogen-bond acceptors (Lipinski definition) is 3. The molecule has 2 aromatic rings. The number of hydrogen-bond donors (Lipinski definition) is 1. The van der Waals surface area contributed by atoms with E-state index in [2.05, 4.69) is 49.2 Å². The third kappa shape index (κ3) is 3.40. The van der Waals surface area contributed by atoms with Crippen LogP contribution in [-0.2, 0) is 19.6 Å². The topological polar surface area (TPSA) is 29.9 Å². The molecule has 92 valence electrons. The summed E-state index contributed by atoms with van der Waals surface area (Å²) < 4.78 is 3.39. The first-order chi connectivity index (χ1) is 8.31. The Morgan fingerprint density at radius 1 is 1.47 bits per heavy atom. The van der Waals surface area contributed by atoms with Gasteiger partial charge in [-0.25, -0.2) is 4.98 Å². The van der Waals surface area contributed by atoms with Crippen LogP contribution in [0.25, 0.3) is 0 Å². The fourth-order valence-corrected chi connectivity index (χ4v) is 3.15. The third-order valence-electron chi connectivity index (χ3n) is 2.53. The molecule has 0 unspecified atom stereocenters. The molecule has 5 heteroatoms. The van der Waals surface area contributed by atoms with Crippen LogP contribution in [0.3, 0.4) is 0 Å². The molecule has 0 atom stereocenters. The van der Waals surface area contributed by atoms with Gasteiger partial charge in [0.25, 0.3) is 0 Å². The van der Waals surface area contributed by atoms with Crippen molar-refractivity contribution in [2.75, 3.05) is 0 Å². The zero-order valence-electron chi connectivity index (χ0n) is 9.82. The predicted molar refractivity (Wildman–Crippen MR) is 75.1 cm³/mol. The molecule has 0 aliphatic rings. The van der Waals surface area contributed by atoms with E-state index in [4.69, 9.17) is 0 Å². The molecular weight excluding hydrogens is 298 g/mol. The van der Waals surface area contributed by atoms with E-state index in [-0.39, 0.29) is 0 Å². The lowest BCUT2D eigenvalue weighted by Gasteiger charge is -2.07. The average Bonchev–Trinajstić information content (AvgIpc) is 2.90. The van der Waals surface area contributed by atoms with Gasteiger partial charge in [-0.15, -0.1) is 11.3 Å². The van der Waals surface area contributed by atoms with Crippen molar-refractivity contribution in [3.05, 3.63) is 39.0 Å². The quantitative estimate of drug-likeness (QED) is 0.885. The summed E-state index contributed by atoms with van der Waals surface area (Å²) in [5, 5.41) is 5.52. The highest BCUT2D eigenvalue weighted by Crippen LogP contribution is 2.22. The lowest BCUT2D eigenvalue weighted by atomic mass is 10.4. The number of thiophene rings is 1. The van der Waals surface area contributed by atoms with Gasteiger partial charge in [-0.2, -0.15) is 0 Å². The molecular formula is C12H16BrN3S. The molecule has 0 radical (unpaired) electrons. The van der Waals surface area contributed by atoms with Crippen molar-refractivity contribution in [3.63, 3.8) is 0 Å². The van der Waals surface area contributed by atoms with E-state index in [1.54, 1.807) is 11.3 Å². The second-order valence-corrected chi connectivity index (χ2v) is 5.69. The second kappa shape index (κ2) is 6.33. The van der Waals surface area contributed by atoms with Crippen molar-refractivity contribution in [1.82, 2.24) is 14.9 Å². The predicted octanol–water partition coefficient (Wildman–Crippen LogP) is 3.41. The van der Waals surface area contributed by atoms with Crippen molar-refractivity contribution in [2.24, 2.45) is 0 Å². The summed E-state index contributed by atoms with van der Waals surface area (Å²) in [5.74, 6) is 1.11. The Morgan fingerprint density at radius 2 is 2.35 bits per heavy atom. The Bertz CT molecular complexity index is 464. The molecule has 0 fully saturated rings. The van der Waals surface area contributed by atoms with Crippen molar-refractivity contribution in [3.8, 4) is 0 Å². The largest absolute Gasteiger partial charge is 0.334 e. The summed E-state index contributed by atoms with van der Waals surface area (Å²) in [6.07, 6.45) is 5.05. The van der Waals surface area contributed by atoms with Crippen molar-refractivity contribution in [2.45, 2.75) is 33.0 Å². The minimum Gasteiger partial charge on any atom is -0.334 e. The number of halogens is 1. The van der Waals surface area contributed by atoms with Gasteiger partial charge in [-0.1, -0.05) is 6.92 Å². The highest BCUT2D eigenvalue weighted by Gasteiger charge is 2.03. The molecule has 0 saturated heterocycles. The molecule has 3 nitrogen and oxygen atoms in total. The molecule has 2 aromatic heterocycles. The lowest BCUT2D eigenvalue weighted by molar-refractivity contribution is 0.590. The van der Waals surface area contributed by atoms with Crippen LogP contribution in [0.5, 0.6) is 0 Å². The molecule has 2 heterocycles. The fourth-order valence-electron chi connectivity index (χ4n) is 1.69. The standard InChI is InChI=1S/C12H16BrN3S/c1-2-5-16-6-4-15-12(16)9-14-8-11-10(13)3-7-17-11/h3-4,6-7,14H,2,5,8-9H2,1H3. The Labute approximate surface area is 114 Å². The number of aryl methyl sites for hydroxylation is 1. The highest BCUT2D eigenvalue weighted by molar-refractivity contribution is 9.10. The van der Waals surface area contributed by atoms with Crippen LogP contribution in [0, 0.1) is 0 Å². The molecule has 0 aliphatic carbocycles. The number of nitrogens with zero attached hydrogens (tertiary/aromatic N) is 2. The SMILES string of the molecule is CCCn1ccnc1CNCc1sccc1Br. The summed E-state index contributed by atoms with van der Waals surface area (Å²) in [6, 6.07) is 2.08. The van der Waals surface area contributed by atoms with Gasteiger partial charge in [0.05, 0.1) is 6.54 Å². The Morgan fingerprint density at radius 3 is 3.06 bits per heavy atom. The first-order valence-electron chi connectivity index (χ1n) is 5.74. The maximum Gasteiger partial charge on any atom is 0.122 e. The smallest absolute Gasteiger partial charge is 0.122 e. The van der Waals surface area contributed by atoms with E-state index in [0.717, 1.165) is 31.9 Å². The van der Waals surface area contributed by atoms with Gasteiger partial charge in [-0.05, 0) is 33.8 Å². The van der Waals surface area contributed by atoms with E-state index >= 15 is 0 Å². The number of imidazole rings is 1. The number of rotatable bonds is 6. The zero-order valence-corrected chi connectivity index (χ0v) is 12.2. The summed E-state index contributed by atoms with van der Waals surface area (Å²) in [4.78, 5) is 5.70. The molecule has 2 rings (SSSR count). The van der Waals surface area contributed by atoms with Crippen LogP contribution < -0.4 is 5.32 Å². The van der Waals surface area contributed by atoms with Gasteiger partial charge in [0.15, 0.2) is 0 Å². The molecule has 0 bridgehead atoms. The maximum absolute atomic E-state index is 4.37. The van der Waals surface area contributed by atoms with Gasteiger partial charge >= 0.3 is 0 Å². The summed E-state index contributed by atoms with van der Waals surface area (Å²) in [5.41, 5.74) is 0. The van der Waals surface area contributed by atoms with Gasteiger partial charge < -0.3 is 9.88 Å². The number of nitrogens with one attached hydrogen (secondary N) is 1. The average molecular weight is 314 g/mol. The normalized spacial score (nSPS) is 10.9. The Kier molecular flexibility index (Phi) is 4.76. The van der Waals surface area contributed by atoms with E-state index in [0.29, 0.717) is 0 Å². The first kappa shape index (κ1) is 12.8. The van der Waals surface area contributed by atoms with Gasteiger partial charge in [-0.3, -0.25) is 0 Å². The molecule has 0 saturated carbocycles. The third-order valence-corrected chi connectivity index (χ3v) is 4.45. The van der Waals surface area contributed by atoms with Crippen LogP contribution in [0.2, 0.25) is 0 Å². The zero-order chi connectivity index (χ0) is 12.1. The molecule has 0 aromatic carbocycles. The van der Waals surface area contributed by atoms with Crippen LogP contribution in [0.4, 0.5) is 0 Å². The minimum absolute atomic E-state index is 0.817. The van der Waals surface area contributed by atoms with E-state index < -0.39 is 0 Å². The lowest BCUT2D eigenvalue weighted by Crippen LogP contribution is -2.16. The second-order valence-electron chi connectivity index (χ2n) is 3.83. The molecule has 1 N–H and O–H groups in total. The van der Waals surface area contributed by atoms with Gasteiger partial charge in [0, 0.05) is 34.8 Å². The molecule has 17 heavy (non-hydrogen) atoms. The van der Waals surface area contributed by atoms with Crippen LogP contribution in [-0.4, -0.2) is 9.55 Å². The Balaban J connectivity index is 1.86. The van der Waals surface area contributed by atoms with Crippen LogP contribution in [0.1, 0.15) is 24.0 Å². The number of aromatic nitrogens is 2. The summed E-state index contributed by atoms with van der Waals surface area (Å²) in [6.45, 7) is 4.92. The van der Waals surface area contributed by atoms with Gasteiger partial charge in [0.1, 0.15) is 5.82 Å². The summed E-state index contributed by atoms with van der Waals surface area (Å²) >= 11 is 5.30. The maximum atomic E-state index is 4.37. The van der Waals surface area contributed by atoms with Crippen molar-refractivity contribution >= 4 is 27.3 Å². The fraction of sp³-hybridized carbons (Fsp3) is 0.417. The first-order valence-corrected chi connectivity index (χ1v) is 7.41. The van der Waals surface area contributed by atoms with Crippen LogP contribution >= 0.6 is 27.3 Å². The van der Waals surface area contributed by atoms with E-state index in [9.17, 15) is 0 Å². The summed E-state index contributed by atoms with van der Waals surface area (Å²) in [7, 11) is 0. The Hall–Kier alpha value is -0.650. The van der Waals surface area contributed by atoms with Gasteiger partial charge in [0.2, 0.25) is 0 Å².